The predicted molar refractivity (Wildman–Crippen MR) is 101 cm³/mol. The molecule has 0 amide bonds. The third-order valence-electron chi connectivity index (χ3n) is 3.66. The second-order valence-electron chi connectivity index (χ2n) is 5.45. The van der Waals surface area contributed by atoms with Gasteiger partial charge in [0.2, 0.25) is 5.95 Å². The van der Waals surface area contributed by atoms with Crippen molar-refractivity contribution in [1.82, 2.24) is 24.5 Å². The minimum Gasteiger partial charge on any atom is -0.368 e. The van der Waals surface area contributed by atoms with Gasteiger partial charge < -0.3 is 10.6 Å². The highest BCUT2D eigenvalue weighted by Gasteiger charge is 2.14. The van der Waals surface area contributed by atoms with Gasteiger partial charge in [-0.2, -0.15) is 21.3 Å². The van der Waals surface area contributed by atoms with Gasteiger partial charge in [0.05, 0.1) is 5.69 Å². The molecule has 8 heteroatoms. The summed E-state index contributed by atoms with van der Waals surface area (Å²) in [6.07, 6.45) is 6.25. The van der Waals surface area contributed by atoms with Gasteiger partial charge in [-0.25, -0.2) is 4.98 Å². The van der Waals surface area contributed by atoms with Crippen LogP contribution in [0.15, 0.2) is 47.7 Å². The Morgan fingerprint density at radius 3 is 2.80 bits per heavy atom. The standard InChI is InChI=1S/C17H17N7S/c1-2-6-19-15-14-16(24(11-20-14)13-5-9-25-10-13)23-17(22-15)21-12-3-7-18-8-4-12/h3-5,7-11H,2,6H2,1H3,(H2,18,19,21,22,23). The number of thiophene rings is 1. The molecule has 4 rings (SSSR count). The number of aromatic nitrogens is 5. The lowest BCUT2D eigenvalue weighted by atomic mass is 10.4. The zero-order chi connectivity index (χ0) is 17.1. The highest BCUT2D eigenvalue weighted by Crippen LogP contribution is 2.25. The van der Waals surface area contributed by atoms with Crippen LogP contribution in [0.5, 0.6) is 0 Å². The monoisotopic (exact) mass is 351 g/mol. The Labute approximate surface area is 148 Å². The highest BCUT2D eigenvalue weighted by molar-refractivity contribution is 7.08. The van der Waals surface area contributed by atoms with E-state index in [1.54, 1.807) is 30.1 Å². The number of rotatable bonds is 6. The maximum absolute atomic E-state index is 4.68. The molecule has 4 aromatic rings. The van der Waals surface area contributed by atoms with Crippen LogP contribution in [0.3, 0.4) is 0 Å². The average molecular weight is 351 g/mol. The van der Waals surface area contributed by atoms with Crippen molar-refractivity contribution >= 4 is 40.0 Å². The van der Waals surface area contributed by atoms with Crippen LogP contribution < -0.4 is 10.6 Å². The van der Waals surface area contributed by atoms with Gasteiger partial charge in [0.15, 0.2) is 17.0 Å². The fraction of sp³-hybridized carbons (Fsp3) is 0.176. The summed E-state index contributed by atoms with van der Waals surface area (Å²) >= 11 is 1.64. The zero-order valence-corrected chi connectivity index (χ0v) is 14.5. The van der Waals surface area contributed by atoms with E-state index < -0.39 is 0 Å². The van der Waals surface area contributed by atoms with Crippen LogP contribution in [0.4, 0.5) is 17.5 Å². The summed E-state index contributed by atoms with van der Waals surface area (Å²) in [5, 5.41) is 10.7. The maximum atomic E-state index is 4.68. The first kappa shape index (κ1) is 15.5. The maximum Gasteiger partial charge on any atom is 0.231 e. The smallest absolute Gasteiger partial charge is 0.231 e. The minimum atomic E-state index is 0.522. The van der Waals surface area contributed by atoms with E-state index in [1.807, 2.05) is 28.1 Å². The molecule has 0 atom stereocenters. The molecule has 0 aliphatic rings. The molecule has 0 bridgehead atoms. The quantitative estimate of drug-likeness (QED) is 0.549. The summed E-state index contributed by atoms with van der Waals surface area (Å²) < 4.78 is 1.97. The van der Waals surface area contributed by atoms with E-state index in [0.29, 0.717) is 5.95 Å². The fourth-order valence-electron chi connectivity index (χ4n) is 2.47. The van der Waals surface area contributed by atoms with E-state index in [2.05, 4.69) is 42.9 Å². The van der Waals surface area contributed by atoms with Crippen molar-refractivity contribution < 1.29 is 0 Å². The largest absolute Gasteiger partial charge is 0.368 e. The molecule has 4 aromatic heterocycles. The lowest BCUT2D eigenvalue weighted by Crippen LogP contribution is -2.07. The summed E-state index contributed by atoms with van der Waals surface area (Å²) in [6, 6.07) is 5.80. The van der Waals surface area contributed by atoms with Crippen molar-refractivity contribution in [2.45, 2.75) is 13.3 Å². The number of anilines is 3. The van der Waals surface area contributed by atoms with E-state index in [0.717, 1.165) is 41.3 Å². The number of pyridine rings is 1. The summed E-state index contributed by atoms with van der Waals surface area (Å²) in [5.41, 5.74) is 3.46. The van der Waals surface area contributed by atoms with E-state index in [4.69, 9.17) is 0 Å². The van der Waals surface area contributed by atoms with E-state index in [9.17, 15) is 0 Å². The molecular formula is C17H17N7S. The molecule has 0 aliphatic carbocycles. The normalized spacial score (nSPS) is 10.9. The number of hydrogen-bond acceptors (Lipinski definition) is 7. The first-order valence-corrected chi connectivity index (χ1v) is 8.98. The second-order valence-corrected chi connectivity index (χ2v) is 6.23. The molecule has 0 saturated carbocycles. The Kier molecular flexibility index (Phi) is 4.26. The Hall–Kier alpha value is -3.00. The SMILES string of the molecule is CCCNc1nc(Nc2ccncc2)nc2c1ncn2-c1ccsc1. The summed E-state index contributed by atoms with van der Waals surface area (Å²) in [5.74, 6) is 1.26. The molecule has 2 N–H and O–H groups in total. The Balaban J connectivity index is 1.81. The van der Waals surface area contributed by atoms with Crippen molar-refractivity contribution in [3.05, 3.63) is 47.7 Å². The van der Waals surface area contributed by atoms with Gasteiger partial charge in [-0.3, -0.25) is 9.55 Å². The van der Waals surface area contributed by atoms with Gasteiger partial charge >= 0.3 is 0 Å². The predicted octanol–water partition coefficient (Wildman–Crippen LogP) is 3.84. The van der Waals surface area contributed by atoms with Gasteiger partial charge in [0.25, 0.3) is 0 Å². The van der Waals surface area contributed by atoms with Crippen LogP contribution in [-0.4, -0.2) is 31.0 Å². The molecular weight excluding hydrogens is 334 g/mol. The molecule has 0 unspecified atom stereocenters. The van der Waals surface area contributed by atoms with Crippen LogP contribution in [0.1, 0.15) is 13.3 Å². The van der Waals surface area contributed by atoms with E-state index in [-0.39, 0.29) is 0 Å². The molecule has 7 nitrogen and oxygen atoms in total. The van der Waals surface area contributed by atoms with Gasteiger partial charge in [-0.15, -0.1) is 0 Å². The molecule has 25 heavy (non-hydrogen) atoms. The van der Waals surface area contributed by atoms with Crippen molar-refractivity contribution in [3.63, 3.8) is 0 Å². The number of hydrogen-bond donors (Lipinski definition) is 2. The van der Waals surface area contributed by atoms with Crippen LogP contribution in [0, 0.1) is 0 Å². The number of imidazole rings is 1. The van der Waals surface area contributed by atoms with Crippen LogP contribution in [0.25, 0.3) is 16.9 Å². The number of nitrogens with zero attached hydrogens (tertiary/aromatic N) is 5. The number of nitrogens with one attached hydrogen (secondary N) is 2. The molecule has 0 aromatic carbocycles. The summed E-state index contributed by atoms with van der Waals surface area (Å²) in [7, 11) is 0. The second kappa shape index (κ2) is 6.86. The van der Waals surface area contributed by atoms with Crippen LogP contribution in [0.2, 0.25) is 0 Å². The van der Waals surface area contributed by atoms with E-state index in [1.165, 1.54) is 0 Å². The lowest BCUT2D eigenvalue weighted by Gasteiger charge is -2.10. The molecule has 126 valence electrons. The van der Waals surface area contributed by atoms with Gasteiger partial charge in [0.1, 0.15) is 6.33 Å². The molecule has 0 fully saturated rings. The van der Waals surface area contributed by atoms with Gasteiger partial charge in [-0.1, -0.05) is 6.92 Å². The molecule has 0 spiro atoms. The van der Waals surface area contributed by atoms with Crippen molar-refractivity contribution in [2.24, 2.45) is 0 Å². The summed E-state index contributed by atoms with van der Waals surface area (Å²) in [6.45, 7) is 2.94. The van der Waals surface area contributed by atoms with Crippen molar-refractivity contribution in [3.8, 4) is 5.69 Å². The average Bonchev–Trinajstić information content (AvgIpc) is 3.29. The van der Waals surface area contributed by atoms with Crippen molar-refractivity contribution in [1.29, 1.82) is 0 Å². The third kappa shape index (κ3) is 3.16. The molecule has 4 heterocycles. The number of fused-ring (bicyclic) bond motifs is 1. The first-order chi connectivity index (χ1) is 12.3. The lowest BCUT2D eigenvalue weighted by molar-refractivity contribution is 0.969. The fourth-order valence-corrected chi connectivity index (χ4v) is 3.10. The Morgan fingerprint density at radius 1 is 1.16 bits per heavy atom. The topological polar surface area (TPSA) is 80.6 Å². The molecule has 0 aliphatic heterocycles. The zero-order valence-electron chi connectivity index (χ0n) is 13.7. The summed E-state index contributed by atoms with van der Waals surface area (Å²) in [4.78, 5) is 17.8. The third-order valence-corrected chi connectivity index (χ3v) is 4.33. The Morgan fingerprint density at radius 2 is 2.04 bits per heavy atom. The van der Waals surface area contributed by atoms with Crippen LogP contribution in [-0.2, 0) is 0 Å². The Bertz CT molecular complexity index is 964. The van der Waals surface area contributed by atoms with E-state index >= 15 is 0 Å². The van der Waals surface area contributed by atoms with Gasteiger partial charge in [-0.05, 0) is 30.0 Å². The minimum absolute atomic E-state index is 0.522. The highest BCUT2D eigenvalue weighted by atomic mass is 32.1. The van der Waals surface area contributed by atoms with Crippen molar-refractivity contribution in [2.75, 3.05) is 17.2 Å². The molecule has 0 saturated heterocycles. The molecule has 0 radical (unpaired) electrons. The van der Waals surface area contributed by atoms with Crippen LogP contribution >= 0.6 is 11.3 Å². The van der Waals surface area contributed by atoms with Gasteiger partial charge in [0, 0.05) is 30.0 Å². The first-order valence-electron chi connectivity index (χ1n) is 8.03.